The Hall–Kier alpha value is -3.08. The van der Waals surface area contributed by atoms with Crippen molar-refractivity contribution in [2.45, 2.75) is 303 Å². The number of carbonyl (C=O) groups excluding carboxylic acids is 3. The van der Waals surface area contributed by atoms with E-state index in [9.17, 15) is 28.9 Å². The van der Waals surface area contributed by atoms with Crippen LogP contribution in [0.15, 0.2) is 72.9 Å². The molecule has 452 valence electrons. The van der Waals surface area contributed by atoms with Gasteiger partial charge in [-0.2, -0.15) is 0 Å². The summed E-state index contributed by atoms with van der Waals surface area (Å²) < 4.78 is 39.6. The summed E-state index contributed by atoms with van der Waals surface area (Å²) in [5.41, 5.74) is 0. The number of rotatable bonds is 59. The maximum Gasteiger partial charge on any atom is 0.472 e. The lowest BCUT2D eigenvalue weighted by Crippen LogP contribution is -2.30. The first-order valence-electron chi connectivity index (χ1n) is 31.8. The minimum atomic E-state index is -4.77. The van der Waals surface area contributed by atoms with Crippen molar-refractivity contribution in [1.82, 2.24) is 0 Å². The molecule has 0 rings (SSSR count). The summed E-state index contributed by atoms with van der Waals surface area (Å²) in [5, 5.41) is 9.85. The van der Waals surface area contributed by atoms with E-state index in [1.807, 2.05) is 6.08 Å². The fourth-order valence-corrected chi connectivity index (χ4v) is 9.58. The number of allylic oxidation sites excluding steroid dienone is 12. The first-order chi connectivity index (χ1) is 38.2. The minimum Gasteiger partial charge on any atom is -0.462 e. The van der Waals surface area contributed by atoms with E-state index in [0.717, 1.165) is 77.0 Å². The predicted molar refractivity (Wildman–Crippen MR) is 325 cm³/mol. The molecule has 0 amide bonds. The summed E-state index contributed by atoms with van der Waals surface area (Å²) in [6.07, 6.45) is 68.6. The standard InChI is InChI=1S/C66H117O11P/c1-4-7-10-13-16-19-22-25-28-31-34-37-40-43-46-49-52-55-64(68)73-59-63(77-66(70)57-54-51-48-45-42-39-36-33-30-27-24-21-18-15-12-9-6-3)61-75-78(71,72)74-60-62(58-67)76-65(69)56-53-50-47-44-41-38-35-32-29-26-23-20-17-14-11-8-5-2/h9,12,18,21,26-27,29-30,36,39,45,48,62-63,67H,4-8,10-11,13-17,19-20,22-25,28,31-35,37-38,40-44,46-47,49-61H2,1-3H3,(H,71,72)/b12-9-,21-18-,29-26-,30-27-,39-36-,48-45-. The Labute approximate surface area is 478 Å². The molecule has 0 spiro atoms. The molecule has 0 saturated heterocycles. The number of phosphoric ester groups is 1. The lowest BCUT2D eigenvalue weighted by Gasteiger charge is -2.21. The third-order valence-electron chi connectivity index (χ3n) is 13.6. The van der Waals surface area contributed by atoms with Gasteiger partial charge in [0.15, 0.2) is 6.10 Å². The Bertz CT molecular complexity index is 1590. The zero-order valence-corrected chi connectivity index (χ0v) is 51.0. The van der Waals surface area contributed by atoms with E-state index in [-0.39, 0.29) is 25.9 Å². The quantitative estimate of drug-likeness (QED) is 0.0197. The van der Waals surface area contributed by atoms with Crippen LogP contribution in [0.4, 0.5) is 0 Å². The van der Waals surface area contributed by atoms with Crippen LogP contribution in [0.25, 0.3) is 0 Å². The molecule has 12 heteroatoms. The Morgan fingerprint density at radius 1 is 0.372 bits per heavy atom. The lowest BCUT2D eigenvalue weighted by atomic mass is 10.0. The second kappa shape index (κ2) is 60.0. The number of aliphatic hydroxyl groups is 1. The van der Waals surface area contributed by atoms with Gasteiger partial charge >= 0.3 is 25.7 Å². The van der Waals surface area contributed by atoms with Crippen LogP contribution < -0.4 is 0 Å². The molecule has 0 bridgehead atoms. The van der Waals surface area contributed by atoms with E-state index in [0.29, 0.717) is 25.7 Å². The summed E-state index contributed by atoms with van der Waals surface area (Å²) >= 11 is 0. The van der Waals surface area contributed by atoms with E-state index >= 15 is 0 Å². The molecule has 0 aromatic carbocycles. The van der Waals surface area contributed by atoms with Gasteiger partial charge in [-0.05, 0) is 83.5 Å². The Kier molecular flexibility index (Phi) is 57.7. The van der Waals surface area contributed by atoms with E-state index in [2.05, 4.69) is 87.6 Å². The van der Waals surface area contributed by atoms with E-state index in [4.69, 9.17) is 23.3 Å². The first-order valence-corrected chi connectivity index (χ1v) is 33.3. The van der Waals surface area contributed by atoms with Gasteiger partial charge in [0.1, 0.15) is 12.7 Å². The van der Waals surface area contributed by atoms with Gasteiger partial charge < -0.3 is 24.2 Å². The molecule has 0 aromatic rings. The topological polar surface area (TPSA) is 155 Å². The van der Waals surface area contributed by atoms with Crippen molar-refractivity contribution in [3.05, 3.63) is 72.9 Å². The van der Waals surface area contributed by atoms with Crippen LogP contribution in [0.2, 0.25) is 0 Å². The average molecular weight is 1120 g/mol. The predicted octanol–water partition coefficient (Wildman–Crippen LogP) is 19.3. The average Bonchev–Trinajstić information content (AvgIpc) is 3.43. The van der Waals surface area contributed by atoms with Crippen LogP contribution in [0.5, 0.6) is 0 Å². The molecule has 0 saturated carbocycles. The molecule has 3 atom stereocenters. The summed E-state index contributed by atoms with van der Waals surface area (Å²) in [5.74, 6) is -1.53. The molecule has 11 nitrogen and oxygen atoms in total. The SMILES string of the molecule is CC/C=C\C/C=C\C/C=C\C/C=C\C/C=C\CCCC(=O)OC(COC(=O)CCCCCCCCCCCCCCCCCCC)COP(=O)(O)OCC(CO)OC(=O)CCCCCCCCC/C=C\CCCCCCCC. The van der Waals surface area contributed by atoms with Gasteiger partial charge in [0.25, 0.3) is 0 Å². The molecule has 0 aliphatic heterocycles. The van der Waals surface area contributed by atoms with Gasteiger partial charge in [-0.1, -0.05) is 261 Å². The largest absolute Gasteiger partial charge is 0.472 e. The van der Waals surface area contributed by atoms with Crippen molar-refractivity contribution in [1.29, 1.82) is 0 Å². The second-order valence-electron chi connectivity index (χ2n) is 21.2. The Balaban J connectivity index is 4.75. The smallest absolute Gasteiger partial charge is 0.462 e. The third-order valence-corrected chi connectivity index (χ3v) is 14.6. The number of hydrogen-bond donors (Lipinski definition) is 2. The van der Waals surface area contributed by atoms with Crippen LogP contribution in [0.3, 0.4) is 0 Å². The van der Waals surface area contributed by atoms with Gasteiger partial charge in [0.2, 0.25) is 0 Å². The molecule has 0 aliphatic rings. The lowest BCUT2D eigenvalue weighted by molar-refractivity contribution is -0.161. The van der Waals surface area contributed by atoms with Gasteiger partial charge in [-0.25, -0.2) is 4.57 Å². The number of carbonyl (C=O) groups is 3. The van der Waals surface area contributed by atoms with E-state index in [1.165, 1.54) is 148 Å². The van der Waals surface area contributed by atoms with Crippen molar-refractivity contribution in [3.63, 3.8) is 0 Å². The van der Waals surface area contributed by atoms with Crippen LogP contribution in [-0.2, 0) is 42.2 Å². The monoisotopic (exact) mass is 1120 g/mol. The normalized spacial score (nSPS) is 13.8. The van der Waals surface area contributed by atoms with Crippen molar-refractivity contribution in [3.8, 4) is 0 Å². The summed E-state index contributed by atoms with van der Waals surface area (Å²) in [6, 6.07) is 0. The Morgan fingerprint density at radius 2 is 0.679 bits per heavy atom. The number of phosphoric acid groups is 1. The molecule has 0 fully saturated rings. The molecule has 2 N–H and O–H groups in total. The highest BCUT2D eigenvalue weighted by atomic mass is 31.2. The summed E-state index contributed by atoms with van der Waals surface area (Å²) in [7, 11) is -4.77. The fraction of sp³-hybridized carbons (Fsp3) is 0.773. The molecule has 0 aliphatic carbocycles. The summed E-state index contributed by atoms with van der Waals surface area (Å²) in [6.45, 7) is 4.51. The molecule has 0 heterocycles. The number of unbranched alkanes of at least 4 members (excludes halogenated alkanes) is 30. The van der Waals surface area contributed by atoms with E-state index < -0.39 is 57.8 Å². The molecule has 3 unspecified atom stereocenters. The van der Waals surface area contributed by atoms with Gasteiger partial charge in [0, 0.05) is 19.3 Å². The maximum atomic E-state index is 12.9. The third kappa shape index (κ3) is 57.6. The van der Waals surface area contributed by atoms with E-state index in [1.54, 1.807) is 0 Å². The number of esters is 3. The van der Waals surface area contributed by atoms with Crippen molar-refractivity contribution >= 4 is 25.7 Å². The van der Waals surface area contributed by atoms with Crippen molar-refractivity contribution in [2.24, 2.45) is 0 Å². The first kappa shape index (κ1) is 74.9. The molecular weight excluding hydrogens is 1000 g/mol. The zero-order chi connectivity index (χ0) is 56.9. The fourth-order valence-electron chi connectivity index (χ4n) is 8.80. The van der Waals surface area contributed by atoms with Crippen molar-refractivity contribution < 1.29 is 52.2 Å². The van der Waals surface area contributed by atoms with Crippen LogP contribution >= 0.6 is 7.82 Å². The maximum absolute atomic E-state index is 12.9. The molecule has 78 heavy (non-hydrogen) atoms. The number of ether oxygens (including phenoxy) is 3. The highest BCUT2D eigenvalue weighted by molar-refractivity contribution is 7.47. The Morgan fingerprint density at radius 3 is 1.09 bits per heavy atom. The highest BCUT2D eigenvalue weighted by Crippen LogP contribution is 2.43. The highest BCUT2D eigenvalue weighted by Gasteiger charge is 2.28. The number of aliphatic hydroxyl groups excluding tert-OH is 1. The summed E-state index contributed by atoms with van der Waals surface area (Å²) in [4.78, 5) is 48.7. The van der Waals surface area contributed by atoms with Gasteiger partial charge in [-0.3, -0.25) is 23.4 Å². The molecule has 0 radical (unpaired) electrons. The zero-order valence-electron chi connectivity index (χ0n) is 50.1. The van der Waals surface area contributed by atoms with Gasteiger partial charge in [-0.15, -0.1) is 0 Å². The van der Waals surface area contributed by atoms with Gasteiger partial charge in [0.05, 0.1) is 19.8 Å². The van der Waals surface area contributed by atoms with Crippen LogP contribution in [0, 0.1) is 0 Å². The molecule has 0 aromatic heterocycles. The number of hydrogen-bond acceptors (Lipinski definition) is 10. The van der Waals surface area contributed by atoms with Crippen molar-refractivity contribution in [2.75, 3.05) is 26.4 Å². The van der Waals surface area contributed by atoms with Crippen LogP contribution in [-0.4, -0.2) is 66.5 Å². The second-order valence-corrected chi connectivity index (χ2v) is 22.7. The van der Waals surface area contributed by atoms with Crippen LogP contribution in [0.1, 0.15) is 290 Å². The minimum absolute atomic E-state index is 0.0896. The molecular formula is C66H117O11P.